The fourth-order valence-electron chi connectivity index (χ4n) is 1.69. The van der Waals surface area contributed by atoms with Crippen LogP contribution < -0.4 is 5.56 Å². The minimum Gasteiger partial charge on any atom is -0.292 e. The van der Waals surface area contributed by atoms with Crippen molar-refractivity contribution in [1.29, 1.82) is 0 Å². The summed E-state index contributed by atoms with van der Waals surface area (Å²) >= 11 is 0. The van der Waals surface area contributed by atoms with Gasteiger partial charge in [-0.3, -0.25) is 9.59 Å². The highest BCUT2D eigenvalue weighted by molar-refractivity contribution is 5.95. The van der Waals surface area contributed by atoms with Gasteiger partial charge in [0.2, 0.25) is 0 Å². The first kappa shape index (κ1) is 12.2. The van der Waals surface area contributed by atoms with E-state index in [-0.39, 0.29) is 17.9 Å². The molecule has 0 atom stereocenters. The van der Waals surface area contributed by atoms with Crippen LogP contribution in [0.25, 0.3) is 0 Å². The van der Waals surface area contributed by atoms with E-state index in [0.717, 1.165) is 11.1 Å². The highest BCUT2D eigenvalue weighted by Gasteiger charge is 2.08. The number of aryl methyl sites for hydroxylation is 2. The SMILES string of the molecule is Cc1cccc(C(=O)Cn2ncc(C)cc2=O)c1. The fourth-order valence-corrected chi connectivity index (χ4v) is 1.69. The zero-order valence-corrected chi connectivity index (χ0v) is 10.4. The highest BCUT2D eigenvalue weighted by atomic mass is 16.1. The van der Waals surface area contributed by atoms with Crippen molar-refractivity contribution in [1.82, 2.24) is 9.78 Å². The summed E-state index contributed by atoms with van der Waals surface area (Å²) in [6.07, 6.45) is 1.57. The lowest BCUT2D eigenvalue weighted by Crippen LogP contribution is -2.26. The van der Waals surface area contributed by atoms with E-state index in [1.807, 2.05) is 25.1 Å². The van der Waals surface area contributed by atoms with E-state index in [1.165, 1.54) is 10.7 Å². The standard InChI is InChI=1S/C14H14N2O2/c1-10-4-3-5-12(6-10)13(17)9-16-14(18)7-11(2)8-15-16/h3-8H,9H2,1-2H3. The summed E-state index contributed by atoms with van der Waals surface area (Å²) < 4.78 is 1.18. The molecule has 0 fully saturated rings. The van der Waals surface area contributed by atoms with Crippen molar-refractivity contribution >= 4 is 5.78 Å². The Morgan fingerprint density at radius 1 is 1.22 bits per heavy atom. The number of ketones is 1. The number of carbonyl (C=O) groups excluding carboxylic acids is 1. The zero-order valence-electron chi connectivity index (χ0n) is 10.4. The molecule has 0 saturated carbocycles. The van der Waals surface area contributed by atoms with Crippen molar-refractivity contribution in [2.75, 3.05) is 0 Å². The van der Waals surface area contributed by atoms with Gasteiger partial charge in [-0.15, -0.1) is 0 Å². The van der Waals surface area contributed by atoms with Gasteiger partial charge in [-0.05, 0) is 25.5 Å². The number of rotatable bonds is 3. The molecule has 0 aliphatic rings. The number of Topliss-reactive ketones (excluding diaryl/α,β-unsaturated/α-hetero) is 1. The first-order valence-corrected chi connectivity index (χ1v) is 5.70. The van der Waals surface area contributed by atoms with Gasteiger partial charge in [0.1, 0.15) is 6.54 Å². The van der Waals surface area contributed by atoms with Gasteiger partial charge in [-0.25, -0.2) is 4.68 Å². The largest absolute Gasteiger partial charge is 0.292 e. The van der Waals surface area contributed by atoms with Crippen molar-refractivity contribution in [2.24, 2.45) is 0 Å². The van der Waals surface area contributed by atoms with Crippen LogP contribution in [-0.2, 0) is 6.54 Å². The third-order valence-corrected chi connectivity index (χ3v) is 2.64. The minimum absolute atomic E-state index is 0.0252. The second kappa shape index (κ2) is 4.96. The Labute approximate surface area is 105 Å². The Kier molecular flexibility index (Phi) is 3.37. The number of hydrogen-bond donors (Lipinski definition) is 0. The number of benzene rings is 1. The molecule has 0 unspecified atom stereocenters. The molecule has 4 nitrogen and oxygen atoms in total. The smallest absolute Gasteiger partial charge is 0.267 e. The van der Waals surface area contributed by atoms with Gasteiger partial charge in [0.25, 0.3) is 5.56 Å². The van der Waals surface area contributed by atoms with E-state index >= 15 is 0 Å². The van der Waals surface area contributed by atoms with Crippen LogP contribution in [0.1, 0.15) is 21.5 Å². The Morgan fingerprint density at radius 3 is 2.67 bits per heavy atom. The van der Waals surface area contributed by atoms with Gasteiger partial charge in [0.15, 0.2) is 5.78 Å². The molecule has 1 aromatic heterocycles. The van der Waals surface area contributed by atoms with Crippen molar-refractivity contribution in [3.63, 3.8) is 0 Å². The van der Waals surface area contributed by atoms with Crippen molar-refractivity contribution in [2.45, 2.75) is 20.4 Å². The minimum atomic E-state index is -0.254. The molecule has 0 bridgehead atoms. The van der Waals surface area contributed by atoms with Crippen LogP contribution in [0, 0.1) is 13.8 Å². The summed E-state index contributed by atoms with van der Waals surface area (Å²) in [5.74, 6) is -0.114. The van der Waals surface area contributed by atoms with E-state index in [2.05, 4.69) is 5.10 Å². The number of carbonyl (C=O) groups is 1. The van der Waals surface area contributed by atoms with E-state index in [9.17, 15) is 9.59 Å². The van der Waals surface area contributed by atoms with Crippen LogP contribution in [0.4, 0.5) is 0 Å². The first-order chi connectivity index (χ1) is 8.56. The molecule has 0 aliphatic heterocycles. The topological polar surface area (TPSA) is 52.0 Å². The molecule has 1 heterocycles. The fraction of sp³-hybridized carbons (Fsp3) is 0.214. The quantitative estimate of drug-likeness (QED) is 0.770. The first-order valence-electron chi connectivity index (χ1n) is 5.70. The highest BCUT2D eigenvalue weighted by Crippen LogP contribution is 2.05. The molecule has 2 rings (SSSR count). The van der Waals surface area contributed by atoms with E-state index < -0.39 is 0 Å². The van der Waals surface area contributed by atoms with Crippen molar-refractivity contribution < 1.29 is 4.79 Å². The summed E-state index contributed by atoms with van der Waals surface area (Å²) in [4.78, 5) is 23.6. The van der Waals surface area contributed by atoms with Gasteiger partial charge >= 0.3 is 0 Å². The predicted molar refractivity (Wildman–Crippen MR) is 68.7 cm³/mol. The lowest BCUT2D eigenvalue weighted by Gasteiger charge is -2.04. The maximum Gasteiger partial charge on any atom is 0.267 e. The lowest BCUT2D eigenvalue weighted by molar-refractivity contribution is 0.0965. The van der Waals surface area contributed by atoms with Gasteiger partial charge in [0.05, 0.1) is 6.20 Å². The molecule has 0 saturated heterocycles. The number of nitrogens with zero attached hydrogens (tertiary/aromatic N) is 2. The average molecular weight is 242 g/mol. The van der Waals surface area contributed by atoms with Gasteiger partial charge in [-0.2, -0.15) is 5.10 Å². The molecular formula is C14H14N2O2. The van der Waals surface area contributed by atoms with Gasteiger partial charge in [-0.1, -0.05) is 23.8 Å². The maximum atomic E-state index is 12.0. The van der Waals surface area contributed by atoms with Gasteiger partial charge < -0.3 is 0 Å². The van der Waals surface area contributed by atoms with Crippen molar-refractivity contribution in [3.8, 4) is 0 Å². The molecule has 0 amide bonds. The molecule has 92 valence electrons. The summed E-state index contributed by atoms with van der Waals surface area (Å²) in [6.45, 7) is 3.69. The molecule has 2 aromatic rings. The van der Waals surface area contributed by atoms with Gasteiger partial charge in [0, 0.05) is 11.6 Å². The molecule has 0 N–H and O–H groups in total. The van der Waals surface area contributed by atoms with Crippen LogP contribution in [0.15, 0.2) is 41.3 Å². The predicted octanol–water partition coefficient (Wildman–Crippen LogP) is 1.74. The normalized spacial score (nSPS) is 10.3. The van der Waals surface area contributed by atoms with E-state index in [4.69, 9.17) is 0 Å². The Bertz CT molecular complexity index is 644. The Hall–Kier alpha value is -2.23. The molecule has 4 heteroatoms. The van der Waals surface area contributed by atoms with Crippen LogP contribution in [0.5, 0.6) is 0 Å². The molecule has 0 aliphatic carbocycles. The van der Waals surface area contributed by atoms with Crippen LogP contribution in [0.3, 0.4) is 0 Å². The monoisotopic (exact) mass is 242 g/mol. The van der Waals surface area contributed by atoms with Crippen molar-refractivity contribution in [3.05, 3.63) is 63.6 Å². The number of hydrogen-bond acceptors (Lipinski definition) is 3. The zero-order chi connectivity index (χ0) is 13.1. The molecule has 0 spiro atoms. The summed E-state index contributed by atoms with van der Waals surface area (Å²) in [5.41, 5.74) is 2.16. The molecule has 0 radical (unpaired) electrons. The van der Waals surface area contributed by atoms with E-state index in [1.54, 1.807) is 19.2 Å². The molecule has 18 heavy (non-hydrogen) atoms. The molecule has 1 aromatic carbocycles. The average Bonchev–Trinajstić information content (AvgIpc) is 2.32. The summed E-state index contributed by atoms with van der Waals surface area (Å²) in [7, 11) is 0. The summed E-state index contributed by atoms with van der Waals surface area (Å²) in [5, 5.41) is 3.95. The Balaban J connectivity index is 2.24. The lowest BCUT2D eigenvalue weighted by atomic mass is 10.1. The van der Waals surface area contributed by atoms with E-state index in [0.29, 0.717) is 5.56 Å². The Morgan fingerprint density at radius 2 is 2.00 bits per heavy atom. The van der Waals surface area contributed by atoms with Crippen LogP contribution in [0.2, 0.25) is 0 Å². The van der Waals surface area contributed by atoms with Crippen LogP contribution in [-0.4, -0.2) is 15.6 Å². The van der Waals surface area contributed by atoms with Crippen LogP contribution >= 0.6 is 0 Å². The second-order valence-corrected chi connectivity index (χ2v) is 4.32. The summed E-state index contributed by atoms with van der Waals surface area (Å²) in [6, 6.07) is 8.77. The number of aromatic nitrogens is 2. The second-order valence-electron chi connectivity index (χ2n) is 4.32. The third kappa shape index (κ3) is 2.71. The maximum absolute atomic E-state index is 12.0. The molecular weight excluding hydrogens is 228 g/mol. The third-order valence-electron chi connectivity index (χ3n) is 2.64.